The number of carboxylic acids is 1. The molecule has 1 amide bonds. The van der Waals surface area contributed by atoms with Crippen LogP contribution in [-0.4, -0.2) is 32.9 Å². The van der Waals surface area contributed by atoms with Crippen molar-refractivity contribution in [3.05, 3.63) is 89.2 Å². The average Bonchev–Trinajstić information content (AvgIpc) is 3.48. The Morgan fingerprint density at radius 2 is 1.97 bits per heavy atom. The van der Waals surface area contributed by atoms with Crippen molar-refractivity contribution < 1.29 is 19.1 Å². The number of nitrogens with one attached hydrogen (secondary N) is 1. The van der Waals surface area contributed by atoms with Gasteiger partial charge in [-0.2, -0.15) is 9.39 Å². The number of fused-ring (bicyclic) bond motifs is 1. The number of amidine groups is 3. The summed E-state index contributed by atoms with van der Waals surface area (Å²) < 4.78 is 10.2. The van der Waals surface area contributed by atoms with E-state index in [9.17, 15) is 14.7 Å². The van der Waals surface area contributed by atoms with Gasteiger partial charge in [0.1, 0.15) is 17.4 Å². The second-order valence-corrected chi connectivity index (χ2v) is 8.92. The molecule has 0 unspecified atom stereocenters. The van der Waals surface area contributed by atoms with E-state index in [1.807, 2.05) is 30.3 Å². The number of thioether (sulfide) groups is 1. The molecule has 0 spiro atoms. The Balaban J connectivity index is 1.38. The SMILES string of the molecule is N=C1/C(=C/c2ccc(-c3cccc(C(=O)[O-])c3)o2)C(=O)N=C2SN=C(SCc3ccccc3)N12. The van der Waals surface area contributed by atoms with E-state index >= 15 is 0 Å². The molecule has 0 atom stereocenters. The molecule has 0 bridgehead atoms. The lowest BCUT2D eigenvalue weighted by molar-refractivity contribution is -0.255. The van der Waals surface area contributed by atoms with Crippen LogP contribution in [0, 0.1) is 5.41 Å². The van der Waals surface area contributed by atoms with Crippen LogP contribution in [0.3, 0.4) is 0 Å². The number of hydrogen-bond acceptors (Lipinski definition) is 8. The number of rotatable bonds is 5. The highest BCUT2D eigenvalue weighted by Gasteiger charge is 2.37. The molecule has 3 aromatic rings. The molecule has 2 aromatic carbocycles. The maximum atomic E-state index is 12.6. The van der Waals surface area contributed by atoms with E-state index in [-0.39, 0.29) is 17.0 Å². The van der Waals surface area contributed by atoms with Crippen molar-refractivity contribution in [2.24, 2.45) is 9.39 Å². The summed E-state index contributed by atoms with van der Waals surface area (Å²) in [6.45, 7) is 0. The Labute approximate surface area is 202 Å². The van der Waals surface area contributed by atoms with Crippen LogP contribution >= 0.6 is 23.7 Å². The van der Waals surface area contributed by atoms with Crippen molar-refractivity contribution in [1.29, 1.82) is 5.41 Å². The molecule has 0 saturated carbocycles. The minimum absolute atomic E-state index is 0.0313. The Bertz CT molecular complexity index is 1410. The summed E-state index contributed by atoms with van der Waals surface area (Å²) in [6, 6.07) is 19.4. The van der Waals surface area contributed by atoms with Crippen LogP contribution in [0.15, 0.2) is 86.1 Å². The highest BCUT2D eigenvalue weighted by molar-refractivity contribution is 8.18. The third kappa shape index (κ3) is 4.33. The molecule has 1 aromatic heterocycles. The first-order chi connectivity index (χ1) is 16.5. The first-order valence-electron chi connectivity index (χ1n) is 10.1. The van der Waals surface area contributed by atoms with Crippen LogP contribution in [-0.2, 0) is 10.5 Å². The van der Waals surface area contributed by atoms with Crippen molar-refractivity contribution in [3.63, 3.8) is 0 Å². The number of furan rings is 1. The van der Waals surface area contributed by atoms with Crippen LogP contribution in [0.2, 0.25) is 0 Å². The van der Waals surface area contributed by atoms with E-state index in [0.717, 1.165) is 17.5 Å². The molecule has 2 aliphatic heterocycles. The Morgan fingerprint density at radius 1 is 1.15 bits per heavy atom. The molecule has 2 aliphatic rings. The number of aromatic carboxylic acids is 1. The van der Waals surface area contributed by atoms with Gasteiger partial charge in [-0.3, -0.25) is 10.2 Å². The second-order valence-electron chi connectivity index (χ2n) is 7.25. The van der Waals surface area contributed by atoms with Gasteiger partial charge in [0.25, 0.3) is 5.91 Å². The number of carboxylic acid groups (broad SMARTS) is 1. The Hall–Kier alpha value is -3.89. The van der Waals surface area contributed by atoms with Crippen molar-refractivity contribution in [2.75, 3.05) is 0 Å². The van der Waals surface area contributed by atoms with E-state index in [4.69, 9.17) is 9.83 Å². The van der Waals surface area contributed by atoms with E-state index in [0.29, 0.717) is 33.2 Å². The van der Waals surface area contributed by atoms with Crippen molar-refractivity contribution in [3.8, 4) is 11.3 Å². The molecular weight excluding hydrogens is 472 g/mol. The predicted octanol–water partition coefficient (Wildman–Crippen LogP) is 3.82. The van der Waals surface area contributed by atoms with Gasteiger partial charge in [0, 0.05) is 11.3 Å². The van der Waals surface area contributed by atoms with Gasteiger partial charge in [-0.05, 0) is 35.4 Å². The van der Waals surface area contributed by atoms with Gasteiger partial charge < -0.3 is 14.3 Å². The molecule has 0 radical (unpaired) electrons. The summed E-state index contributed by atoms with van der Waals surface area (Å²) in [6.07, 6.45) is 1.46. The molecule has 8 nitrogen and oxygen atoms in total. The fourth-order valence-electron chi connectivity index (χ4n) is 3.34. The number of carbonyl (C=O) groups excluding carboxylic acids is 2. The van der Waals surface area contributed by atoms with Gasteiger partial charge in [-0.1, -0.05) is 60.3 Å². The summed E-state index contributed by atoms with van der Waals surface area (Å²) in [4.78, 5) is 29.4. The van der Waals surface area contributed by atoms with Crippen LogP contribution in [0.1, 0.15) is 21.7 Å². The number of amides is 1. The standard InChI is InChI=1S/C24H16N4O4S2/c25-20-18(12-17-9-10-19(32-17)15-7-4-8-16(11-15)22(30)31)21(29)26-23-28(20)24(27-34-23)33-13-14-5-2-1-3-6-14/h1-12,25H,13H2,(H,30,31)/p-1/b18-12-,25-20?. The second kappa shape index (κ2) is 9.16. The third-order valence-electron chi connectivity index (χ3n) is 5.00. The van der Waals surface area contributed by atoms with Gasteiger partial charge in [0.05, 0.1) is 23.5 Å². The summed E-state index contributed by atoms with van der Waals surface area (Å²) in [7, 11) is 0. The summed E-state index contributed by atoms with van der Waals surface area (Å²) >= 11 is 2.53. The molecule has 3 heterocycles. The van der Waals surface area contributed by atoms with Gasteiger partial charge >= 0.3 is 0 Å². The average molecular weight is 488 g/mol. The van der Waals surface area contributed by atoms with Gasteiger partial charge in [-0.25, -0.2) is 4.90 Å². The maximum absolute atomic E-state index is 12.6. The lowest BCUT2D eigenvalue weighted by Gasteiger charge is -2.24. The number of benzene rings is 2. The van der Waals surface area contributed by atoms with Crippen LogP contribution in [0.25, 0.3) is 17.4 Å². The topological polar surface area (TPSA) is 122 Å². The number of nitrogens with zero attached hydrogens (tertiary/aromatic N) is 3. The normalized spacial score (nSPS) is 16.5. The lowest BCUT2D eigenvalue weighted by Crippen LogP contribution is -2.41. The third-order valence-corrected chi connectivity index (χ3v) is 6.83. The molecule has 0 aliphatic carbocycles. The van der Waals surface area contributed by atoms with E-state index in [1.54, 1.807) is 29.2 Å². The highest BCUT2D eigenvalue weighted by Crippen LogP contribution is 2.33. The Morgan fingerprint density at radius 3 is 2.76 bits per heavy atom. The zero-order valence-electron chi connectivity index (χ0n) is 17.4. The van der Waals surface area contributed by atoms with Crippen LogP contribution < -0.4 is 5.11 Å². The van der Waals surface area contributed by atoms with Gasteiger partial charge in [-0.15, -0.1) is 0 Å². The summed E-state index contributed by atoms with van der Waals surface area (Å²) in [5.41, 5.74) is 1.78. The number of hydrogen-bond donors (Lipinski definition) is 1. The highest BCUT2D eigenvalue weighted by atomic mass is 32.2. The van der Waals surface area contributed by atoms with Crippen molar-refractivity contribution in [2.45, 2.75) is 5.75 Å². The fraction of sp³-hybridized carbons (Fsp3) is 0.0417. The van der Waals surface area contributed by atoms with E-state index in [1.165, 1.54) is 30.0 Å². The molecule has 0 fully saturated rings. The minimum atomic E-state index is -1.28. The lowest BCUT2D eigenvalue weighted by atomic mass is 10.1. The van der Waals surface area contributed by atoms with Gasteiger partial charge in [0.15, 0.2) is 5.17 Å². The van der Waals surface area contributed by atoms with E-state index in [2.05, 4.69) is 9.39 Å². The van der Waals surface area contributed by atoms with Gasteiger partial charge in [0.2, 0.25) is 5.17 Å². The largest absolute Gasteiger partial charge is 0.545 e. The maximum Gasteiger partial charge on any atom is 0.283 e. The molecule has 168 valence electrons. The summed E-state index contributed by atoms with van der Waals surface area (Å²) in [5, 5.41) is 20.7. The minimum Gasteiger partial charge on any atom is -0.545 e. The molecular formula is C24H15N4O4S2-. The molecule has 34 heavy (non-hydrogen) atoms. The van der Waals surface area contributed by atoms with Crippen LogP contribution in [0.4, 0.5) is 0 Å². The monoisotopic (exact) mass is 487 g/mol. The molecule has 0 saturated heterocycles. The molecule has 5 rings (SSSR count). The smallest absolute Gasteiger partial charge is 0.283 e. The first kappa shape index (κ1) is 21.9. The quantitative estimate of drug-likeness (QED) is 0.429. The van der Waals surface area contributed by atoms with Crippen molar-refractivity contribution >= 4 is 57.8 Å². The number of carbonyl (C=O) groups is 2. The molecule has 1 N–H and O–H groups in total. The fourth-order valence-corrected chi connectivity index (χ4v) is 5.14. The predicted molar refractivity (Wildman–Crippen MR) is 131 cm³/mol. The summed E-state index contributed by atoms with van der Waals surface area (Å²) in [5.74, 6) is -0.441. The molecule has 10 heteroatoms. The van der Waals surface area contributed by atoms with Crippen molar-refractivity contribution in [1.82, 2.24) is 4.90 Å². The zero-order chi connectivity index (χ0) is 23.7. The van der Waals surface area contributed by atoms with Crippen LogP contribution in [0.5, 0.6) is 0 Å². The number of aliphatic imine (C=N–C) groups is 1. The first-order valence-corrected chi connectivity index (χ1v) is 11.8. The zero-order valence-corrected chi connectivity index (χ0v) is 19.1. The Kier molecular flexibility index (Phi) is 5.91. The van der Waals surface area contributed by atoms with E-state index < -0.39 is 11.9 Å².